The fourth-order valence-corrected chi connectivity index (χ4v) is 6.70. The van der Waals surface area contributed by atoms with E-state index in [1.165, 1.54) is 11.3 Å². The number of Topliss-reactive ketones (excluding diaryl/α,β-unsaturated/α-hetero) is 1. The molecular weight excluding hydrogens is 464 g/mol. The fourth-order valence-electron chi connectivity index (χ4n) is 3.72. The number of amides is 2. The topological polar surface area (TPSA) is 86.7 Å². The van der Waals surface area contributed by atoms with Crippen molar-refractivity contribution < 1.29 is 19.5 Å². The lowest BCUT2D eigenvalue weighted by molar-refractivity contribution is 0.0698. The van der Waals surface area contributed by atoms with Crippen LogP contribution in [0.25, 0.3) is 0 Å². The molecule has 0 atom stereocenters. The number of thioether (sulfide) groups is 1. The van der Waals surface area contributed by atoms with Gasteiger partial charge < -0.3 is 10.0 Å². The molecule has 1 saturated heterocycles. The number of nitrogens with one attached hydrogen (secondary N) is 1. The zero-order valence-corrected chi connectivity index (χ0v) is 18.0. The van der Waals surface area contributed by atoms with Crippen LogP contribution >= 0.6 is 39.0 Å². The van der Waals surface area contributed by atoms with Gasteiger partial charge in [-0.15, -0.1) is 23.1 Å². The lowest BCUT2D eigenvalue weighted by Gasteiger charge is -2.43. The number of piperidine rings is 1. The average molecular weight is 481 g/mol. The molecule has 2 amide bonds. The van der Waals surface area contributed by atoms with Gasteiger partial charge in [0.1, 0.15) is 5.00 Å². The third-order valence-corrected chi connectivity index (χ3v) is 8.23. The zero-order valence-electron chi connectivity index (χ0n) is 14.7. The molecule has 0 aliphatic carbocycles. The number of likely N-dealkylation sites (tertiary alicyclic amines) is 1. The van der Waals surface area contributed by atoms with Gasteiger partial charge in [0.15, 0.2) is 5.78 Å². The van der Waals surface area contributed by atoms with E-state index in [1.54, 1.807) is 22.7 Å². The van der Waals surface area contributed by atoms with Gasteiger partial charge in [-0.05, 0) is 40.9 Å². The molecule has 1 fully saturated rings. The van der Waals surface area contributed by atoms with Crippen LogP contribution in [0, 0.1) is 0 Å². The molecule has 1 aromatic carbocycles. The van der Waals surface area contributed by atoms with Gasteiger partial charge in [-0.1, -0.05) is 18.2 Å². The maximum Gasteiger partial charge on any atom is 0.409 e. The van der Waals surface area contributed by atoms with E-state index >= 15 is 0 Å². The molecule has 4 rings (SSSR count). The summed E-state index contributed by atoms with van der Waals surface area (Å²) in [5.41, 5.74) is 1.15. The van der Waals surface area contributed by atoms with Crippen LogP contribution in [-0.4, -0.2) is 45.6 Å². The fraction of sp³-hybridized carbons (Fsp3) is 0.316. The summed E-state index contributed by atoms with van der Waals surface area (Å²) >= 11 is 6.25. The molecule has 6 nitrogen and oxygen atoms in total. The first-order valence-electron chi connectivity index (χ1n) is 8.77. The number of halogens is 1. The molecule has 2 aliphatic heterocycles. The predicted octanol–water partition coefficient (Wildman–Crippen LogP) is 4.95. The van der Waals surface area contributed by atoms with Gasteiger partial charge >= 0.3 is 6.09 Å². The lowest BCUT2D eigenvalue weighted by Crippen LogP contribution is -2.47. The summed E-state index contributed by atoms with van der Waals surface area (Å²) in [6.45, 7) is 1.09. The van der Waals surface area contributed by atoms with Crippen LogP contribution in [-0.2, 0) is 0 Å². The second-order valence-electron chi connectivity index (χ2n) is 6.90. The van der Waals surface area contributed by atoms with Crippen molar-refractivity contribution in [1.82, 2.24) is 4.90 Å². The minimum atomic E-state index is -1.20. The molecule has 0 saturated carbocycles. The largest absolute Gasteiger partial charge is 0.465 e. The third kappa shape index (κ3) is 3.70. The predicted molar refractivity (Wildman–Crippen MR) is 113 cm³/mol. The Hall–Kier alpha value is -1.84. The van der Waals surface area contributed by atoms with Crippen LogP contribution in [0.2, 0.25) is 0 Å². The molecule has 0 unspecified atom stereocenters. The van der Waals surface area contributed by atoms with Crippen molar-refractivity contribution in [3.63, 3.8) is 0 Å². The first kappa shape index (κ1) is 19.5. The molecule has 3 heterocycles. The quantitative estimate of drug-likeness (QED) is 0.634. The van der Waals surface area contributed by atoms with Gasteiger partial charge in [0.25, 0.3) is 5.91 Å². The highest BCUT2D eigenvalue weighted by Gasteiger charge is 2.42. The zero-order chi connectivity index (χ0) is 19.9. The Bertz CT molecular complexity index is 967. The summed E-state index contributed by atoms with van der Waals surface area (Å²) in [7, 11) is 0. The van der Waals surface area contributed by atoms with E-state index in [0.717, 1.165) is 23.3 Å². The van der Waals surface area contributed by atoms with Crippen molar-refractivity contribution in [2.45, 2.75) is 28.9 Å². The number of thiophene rings is 1. The smallest absolute Gasteiger partial charge is 0.409 e. The maximum atomic E-state index is 13.0. The molecule has 1 aromatic heterocycles. The van der Waals surface area contributed by atoms with Crippen molar-refractivity contribution in [2.75, 3.05) is 18.4 Å². The van der Waals surface area contributed by atoms with Crippen LogP contribution in [0.5, 0.6) is 0 Å². The Kier molecular flexibility index (Phi) is 5.24. The second kappa shape index (κ2) is 7.53. The average Bonchev–Trinajstić information content (AvgIpc) is 3.01. The second-order valence-corrected chi connectivity index (χ2v) is 10.8. The first-order chi connectivity index (χ1) is 13.4. The number of carbonyl (C=O) groups is 3. The summed E-state index contributed by atoms with van der Waals surface area (Å²) in [4.78, 5) is 39.3. The molecule has 1 spiro atoms. The molecule has 9 heteroatoms. The summed E-state index contributed by atoms with van der Waals surface area (Å²) in [5, 5.41) is 11.6. The van der Waals surface area contributed by atoms with Gasteiger partial charge in [-0.2, -0.15) is 0 Å². The van der Waals surface area contributed by atoms with E-state index in [1.807, 2.05) is 24.3 Å². The standard InChI is InChI=1S/C19H17BrN2O4S2/c20-15-9-12(16(27-15)21-18(25)26)17(24)22-7-5-19(6-8-22)10-13(23)11-3-1-2-4-14(11)28-19/h1-4,9,21H,5-8,10H2,(H,25,26). The minimum Gasteiger partial charge on any atom is -0.465 e. The van der Waals surface area contributed by atoms with Crippen molar-refractivity contribution >= 4 is 61.8 Å². The van der Waals surface area contributed by atoms with Gasteiger partial charge in [0.2, 0.25) is 0 Å². The van der Waals surface area contributed by atoms with Crippen LogP contribution in [0.1, 0.15) is 40.0 Å². The molecule has 0 radical (unpaired) electrons. The van der Waals surface area contributed by atoms with E-state index < -0.39 is 6.09 Å². The highest BCUT2D eigenvalue weighted by atomic mass is 79.9. The van der Waals surface area contributed by atoms with E-state index in [-0.39, 0.29) is 16.4 Å². The van der Waals surface area contributed by atoms with Crippen molar-refractivity contribution in [3.8, 4) is 0 Å². The highest BCUT2D eigenvalue weighted by Crippen LogP contribution is 2.49. The van der Waals surface area contributed by atoms with E-state index in [9.17, 15) is 14.4 Å². The Balaban J connectivity index is 1.49. The SMILES string of the molecule is O=C(O)Nc1sc(Br)cc1C(=O)N1CCC2(CC1)CC(=O)c1ccccc1S2. The normalized spacial score (nSPS) is 18.0. The van der Waals surface area contributed by atoms with Gasteiger partial charge in [0.05, 0.1) is 9.35 Å². The highest BCUT2D eigenvalue weighted by molar-refractivity contribution is 9.11. The van der Waals surface area contributed by atoms with Crippen LogP contribution in [0.15, 0.2) is 39.0 Å². The molecule has 146 valence electrons. The van der Waals surface area contributed by atoms with Crippen molar-refractivity contribution in [3.05, 3.63) is 45.2 Å². The van der Waals surface area contributed by atoms with Crippen LogP contribution in [0.3, 0.4) is 0 Å². The summed E-state index contributed by atoms with van der Waals surface area (Å²) in [6, 6.07) is 9.35. The Morgan fingerprint density at radius 3 is 2.64 bits per heavy atom. The van der Waals surface area contributed by atoms with E-state index in [0.29, 0.717) is 33.9 Å². The molecule has 28 heavy (non-hydrogen) atoms. The minimum absolute atomic E-state index is 0.167. The van der Waals surface area contributed by atoms with Crippen LogP contribution in [0.4, 0.5) is 9.80 Å². The molecule has 2 aliphatic rings. The van der Waals surface area contributed by atoms with Crippen molar-refractivity contribution in [2.24, 2.45) is 0 Å². The maximum absolute atomic E-state index is 13.0. The monoisotopic (exact) mass is 480 g/mol. The summed E-state index contributed by atoms with van der Waals surface area (Å²) < 4.78 is 0.526. The van der Waals surface area contributed by atoms with E-state index in [4.69, 9.17) is 5.11 Å². The van der Waals surface area contributed by atoms with Crippen LogP contribution < -0.4 is 5.32 Å². The molecule has 2 N–H and O–H groups in total. The summed E-state index contributed by atoms with van der Waals surface area (Å²) in [5.74, 6) is -0.0167. The molecule has 0 bridgehead atoms. The van der Waals surface area contributed by atoms with Gasteiger partial charge in [-0.25, -0.2) is 4.79 Å². The lowest BCUT2D eigenvalue weighted by atomic mass is 9.88. The first-order valence-corrected chi connectivity index (χ1v) is 11.2. The number of rotatable bonds is 2. The number of nitrogens with zero attached hydrogens (tertiary/aromatic N) is 1. The molecular formula is C19H17BrN2O4S2. The van der Waals surface area contributed by atoms with Gasteiger partial charge in [-0.3, -0.25) is 14.9 Å². The number of hydrogen-bond donors (Lipinski definition) is 2. The Morgan fingerprint density at radius 2 is 1.93 bits per heavy atom. The Morgan fingerprint density at radius 1 is 1.21 bits per heavy atom. The van der Waals surface area contributed by atoms with Gasteiger partial charge in [0, 0.05) is 34.7 Å². The van der Waals surface area contributed by atoms with E-state index in [2.05, 4.69) is 21.2 Å². The number of carboxylic acid groups (broad SMARTS) is 1. The number of ketones is 1. The molecule has 2 aromatic rings. The number of benzene rings is 1. The number of hydrogen-bond acceptors (Lipinski definition) is 5. The third-order valence-electron chi connectivity index (χ3n) is 5.11. The summed E-state index contributed by atoms with van der Waals surface area (Å²) in [6.07, 6.45) is 0.760. The Labute approximate surface area is 178 Å². The van der Waals surface area contributed by atoms with Crippen molar-refractivity contribution in [1.29, 1.82) is 0 Å². The number of carbonyl (C=O) groups excluding carboxylic acids is 2. The number of fused-ring (bicyclic) bond motifs is 1. The number of anilines is 1.